The van der Waals surface area contributed by atoms with Crippen LogP contribution in [0.5, 0.6) is 0 Å². The van der Waals surface area contributed by atoms with Crippen LogP contribution in [0, 0.1) is 0 Å². The van der Waals surface area contributed by atoms with Gasteiger partial charge < -0.3 is 30.6 Å². The van der Waals surface area contributed by atoms with Gasteiger partial charge >= 0.3 is 11.9 Å². The molecule has 0 radical (unpaired) electrons. The van der Waals surface area contributed by atoms with Gasteiger partial charge in [0, 0.05) is 96.0 Å². The van der Waals surface area contributed by atoms with Crippen LogP contribution in [0.25, 0.3) is 0 Å². The Kier molecular flexibility index (Phi) is 17.8. The summed E-state index contributed by atoms with van der Waals surface area (Å²) in [6.07, 6.45) is 3.40. The normalized spacial score (nSPS) is 12.5. The van der Waals surface area contributed by atoms with E-state index in [1.54, 1.807) is 85.9 Å². The van der Waals surface area contributed by atoms with Crippen LogP contribution in [0.1, 0.15) is 45.7 Å². The van der Waals surface area contributed by atoms with Gasteiger partial charge in [-0.1, -0.05) is 91.0 Å². The number of hydrogen-bond donors (Lipinski definition) is 4. The first-order valence-corrected chi connectivity index (χ1v) is 22.2. The zero-order valence-electron chi connectivity index (χ0n) is 35.4. The molecule has 62 heavy (non-hydrogen) atoms. The molecule has 0 spiro atoms. The highest BCUT2D eigenvalue weighted by Crippen LogP contribution is 2.23. The summed E-state index contributed by atoms with van der Waals surface area (Å²) in [6, 6.07) is 37.8. The lowest BCUT2D eigenvalue weighted by molar-refractivity contribution is -0.140. The predicted molar refractivity (Wildman–Crippen MR) is 251 cm³/mol. The van der Waals surface area contributed by atoms with Crippen molar-refractivity contribution in [3.8, 4) is 0 Å². The zero-order valence-corrected chi connectivity index (χ0v) is 37.0. The molecule has 2 atom stereocenters. The summed E-state index contributed by atoms with van der Waals surface area (Å²) in [4.78, 5) is 60.5. The minimum absolute atomic E-state index is 0.184. The Balaban J connectivity index is 1.03. The summed E-state index contributed by atoms with van der Waals surface area (Å²) in [7, 11) is 4.05. The van der Waals surface area contributed by atoms with E-state index in [1.165, 1.54) is 12.2 Å². The molecular weight excluding hydrogens is 819 g/mol. The van der Waals surface area contributed by atoms with Gasteiger partial charge in [-0.05, 0) is 61.4 Å². The number of rotatable bonds is 24. The Morgan fingerprint density at radius 1 is 0.565 bits per heavy atom. The number of nitrogens with zero attached hydrogens (tertiary/aromatic N) is 3. The number of aromatic nitrogens is 1. The number of pyridine rings is 1. The Hall–Kier alpha value is -6.31. The molecule has 0 aliphatic rings. The van der Waals surface area contributed by atoms with Crippen molar-refractivity contribution in [3.63, 3.8) is 0 Å². The fraction of sp³-hybridized carbons (Fsp3) is 0.245. The molecule has 1 heterocycles. The number of carboxylic acid groups (broad SMARTS) is 2. The molecule has 322 valence electrons. The van der Waals surface area contributed by atoms with E-state index in [9.17, 15) is 29.4 Å². The number of carbonyl (C=O) groups is 4. The van der Waals surface area contributed by atoms with Crippen molar-refractivity contribution in [2.24, 2.45) is 0 Å². The molecule has 0 amide bonds. The lowest BCUT2D eigenvalue weighted by atomic mass is 10.1. The standard InChI is InChI=1S/C49H53N5O6S2/c1-34(30-44(55)38-12-7-5-8-13-38)50-42(48(57)58)32-36-18-22-40(23-19-36)61-28-26-53(3)46-16-11-17-47(52-46)54(4)27-29-62-41-24-20-37(21-25-41)33-43(49(59)60)51-35(2)31-45(56)39-14-9-6-10-15-39/h5-25,30-31,42-43,50-51H,26-29,32-33H2,1-4H3,(H,57,58)(H,59,60)/b34-30-,35-31-. The number of carbonyl (C=O) groups excluding carboxylic acids is 2. The zero-order chi connectivity index (χ0) is 44.4. The molecule has 5 aromatic rings. The molecule has 0 aliphatic carbocycles. The van der Waals surface area contributed by atoms with E-state index in [4.69, 9.17) is 4.98 Å². The quantitative estimate of drug-likeness (QED) is 0.0268. The smallest absolute Gasteiger partial charge is 0.326 e. The molecule has 2 unspecified atom stereocenters. The molecular formula is C49H53N5O6S2. The van der Waals surface area contributed by atoms with Gasteiger partial charge in [0.05, 0.1) is 0 Å². The third-order valence-corrected chi connectivity index (χ3v) is 11.8. The van der Waals surface area contributed by atoms with E-state index in [2.05, 4.69) is 20.4 Å². The van der Waals surface area contributed by atoms with Crippen molar-refractivity contribution in [2.75, 3.05) is 48.5 Å². The monoisotopic (exact) mass is 871 g/mol. The second-order valence-electron chi connectivity index (χ2n) is 14.8. The highest BCUT2D eigenvalue weighted by atomic mass is 32.2. The average Bonchev–Trinajstić information content (AvgIpc) is 3.27. The number of anilines is 2. The topological polar surface area (TPSA) is 152 Å². The fourth-order valence-electron chi connectivity index (χ4n) is 6.38. The number of ketones is 2. The third kappa shape index (κ3) is 15.0. The minimum Gasteiger partial charge on any atom is -0.480 e. The van der Waals surface area contributed by atoms with E-state index >= 15 is 0 Å². The highest BCUT2D eigenvalue weighted by molar-refractivity contribution is 7.99. The number of hydrogen-bond acceptors (Lipinski definition) is 11. The summed E-state index contributed by atoms with van der Waals surface area (Å²) >= 11 is 3.43. The number of aliphatic carboxylic acids is 2. The molecule has 0 bridgehead atoms. The lowest BCUT2D eigenvalue weighted by Crippen LogP contribution is -2.37. The third-order valence-electron chi connectivity index (χ3n) is 9.83. The van der Waals surface area contributed by atoms with Crippen LogP contribution in [-0.2, 0) is 22.4 Å². The van der Waals surface area contributed by atoms with Crippen LogP contribution >= 0.6 is 23.5 Å². The SMILES string of the molecule is C/C(=C/C(=O)c1ccccc1)NC(Cc1ccc(SCCN(C)c2cccc(N(C)CCSc3ccc(CC(N/C(C)=C\C(=O)c4ccccc4)C(=O)O)cc3)n2)cc1)C(=O)O. The maximum absolute atomic E-state index is 12.5. The maximum Gasteiger partial charge on any atom is 0.326 e. The first-order chi connectivity index (χ1) is 29.8. The average molecular weight is 872 g/mol. The van der Waals surface area contributed by atoms with Gasteiger partial charge in [0.15, 0.2) is 11.6 Å². The minimum atomic E-state index is -0.989. The largest absolute Gasteiger partial charge is 0.480 e. The van der Waals surface area contributed by atoms with Crippen LogP contribution < -0.4 is 20.4 Å². The van der Waals surface area contributed by atoms with Crippen molar-refractivity contribution in [3.05, 3.63) is 173 Å². The van der Waals surface area contributed by atoms with E-state index in [-0.39, 0.29) is 24.4 Å². The molecule has 1 aromatic heterocycles. The Morgan fingerprint density at radius 2 is 0.935 bits per heavy atom. The van der Waals surface area contributed by atoms with E-state index in [1.807, 2.05) is 93.0 Å². The first kappa shape index (κ1) is 46.8. The van der Waals surface area contributed by atoms with Gasteiger partial charge in [-0.2, -0.15) is 0 Å². The van der Waals surface area contributed by atoms with Crippen molar-refractivity contribution >= 4 is 58.7 Å². The molecule has 11 nitrogen and oxygen atoms in total. The molecule has 0 aliphatic heterocycles. The molecule has 0 saturated heterocycles. The number of benzene rings is 4. The van der Waals surface area contributed by atoms with Crippen LogP contribution in [0.3, 0.4) is 0 Å². The second-order valence-corrected chi connectivity index (χ2v) is 17.1. The molecule has 5 rings (SSSR count). The molecule has 4 N–H and O–H groups in total. The van der Waals surface area contributed by atoms with Crippen LogP contribution in [0.2, 0.25) is 0 Å². The fourth-order valence-corrected chi connectivity index (χ4v) is 8.24. The predicted octanol–water partition coefficient (Wildman–Crippen LogP) is 8.28. The maximum atomic E-state index is 12.5. The molecule has 0 saturated carbocycles. The Bertz CT molecular complexity index is 2160. The van der Waals surface area contributed by atoms with Gasteiger partial charge in [-0.15, -0.1) is 23.5 Å². The van der Waals surface area contributed by atoms with Crippen LogP contribution in [-0.4, -0.2) is 89.5 Å². The van der Waals surface area contributed by atoms with Gasteiger partial charge in [-0.25, -0.2) is 14.6 Å². The van der Waals surface area contributed by atoms with Crippen molar-refractivity contribution in [2.45, 2.75) is 48.6 Å². The van der Waals surface area contributed by atoms with Crippen LogP contribution in [0.4, 0.5) is 11.6 Å². The van der Waals surface area contributed by atoms with Crippen molar-refractivity contribution < 1.29 is 29.4 Å². The number of carboxylic acids is 2. The van der Waals surface area contributed by atoms with Gasteiger partial charge in [-0.3, -0.25) is 9.59 Å². The Morgan fingerprint density at radius 3 is 1.29 bits per heavy atom. The van der Waals surface area contributed by atoms with E-state index < -0.39 is 24.0 Å². The first-order valence-electron chi connectivity index (χ1n) is 20.2. The summed E-state index contributed by atoms with van der Waals surface area (Å²) < 4.78 is 0. The van der Waals surface area contributed by atoms with Gasteiger partial charge in [0.25, 0.3) is 0 Å². The van der Waals surface area contributed by atoms with E-state index in [0.717, 1.165) is 57.1 Å². The van der Waals surface area contributed by atoms with Gasteiger partial charge in [0.2, 0.25) is 0 Å². The number of nitrogens with one attached hydrogen (secondary N) is 2. The van der Waals surface area contributed by atoms with E-state index in [0.29, 0.717) is 22.5 Å². The van der Waals surface area contributed by atoms with Crippen molar-refractivity contribution in [1.29, 1.82) is 0 Å². The highest BCUT2D eigenvalue weighted by Gasteiger charge is 2.20. The summed E-state index contributed by atoms with van der Waals surface area (Å²) in [5.74, 6) is 1.05. The second kappa shape index (κ2) is 23.6. The number of thioether (sulfide) groups is 2. The summed E-state index contributed by atoms with van der Waals surface area (Å²) in [5, 5.41) is 25.7. The van der Waals surface area contributed by atoms with Gasteiger partial charge in [0.1, 0.15) is 23.7 Å². The van der Waals surface area contributed by atoms with Crippen LogP contribution in [0.15, 0.2) is 161 Å². The number of allylic oxidation sites excluding steroid dienone is 4. The molecule has 13 heteroatoms. The Labute approximate surface area is 372 Å². The lowest BCUT2D eigenvalue weighted by Gasteiger charge is -2.22. The van der Waals surface area contributed by atoms with Crippen molar-refractivity contribution in [1.82, 2.24) is 15.6 Å². The summed E-state index contributed by atoms with van der Waals surface area (Å²) in [6.45, 7) is 4.93. The molecule has 0 fully saturated rings. The summed E-state index contributed by atoms with van der Waals surface area (Å²) in [5.41, 5.74) is 3.83. The molecule has 4 aromatic carbocycles.